The molecule has 2 aliphatic rings. The Bertz CT molecular complexity index is 883. The van der Waals surface area contributed by atoms with Crippen molar-refractivity contribution in [2.45, 2.75) is 43.9 Å². The van der Waals surface area contributed by atoms with Crippen molar-refractivity contribution in [3.8, 4) is 0 Å². The predicted octanol–water partition coefficient (Wildman–Crippen LogP) is 3.27. The van der Waals surface area contributed by atoms with Crippen LogP contribution in [0.15, 0.2) is 53.5 Å². The monoisotopic (exact) mass is 415 g/mol. The summed E-state index contributed by atoms with van der Waals surface area (Å²) < 4.78 is 13.1. The summed E-state index contributed by atoms with van der Waals surface area (Å²) in [6.07, 6.45) is 3.92. The van der Waals surface area contributed by atoms with Crippen LogP contribution in [0.1, 0.15) is 47.6 Å². The van der Waals surface area contributed by atoms with Crippen LogP contribution in [0.2, 0.25) is 5.02 Å². The van der Waals surface area contributed by atoms with Gasteiger partial charge in [0.25, 0.3) is 5.91 Å². The lowest BCUT2D eigenvalue weighted by Gasteiger charge is -2.29. The number of carbonyl (C=O) groups excluding carboxylic acids is 1. The van der Waals surface area contributed by atoms with E-state index in [1.165, 1.54) is 30.7 Å². The second-order valence-electron chi connectivity index (χ2n) is 7.37. The van der Waals surface area contributed by atoms with Gasteiger partial charge in [-0.3, -0.25) is 4.79 Å². The maximum Gasteiger partial charge on any atom is 0.280 e. The van der Waals surface area contributed by atoms with Gasteiger partial charge >= 0.3 is 0 Å². The fourth-order valence-corrected chi connectivity index (χ4v) is 3.47. The van der Waals surface area contributed by atoms with E-state index in [1.807, 2.05) is 24.3 Å². The Kier molecular flexibility index (Phi) is 6.08. The number of benzene rings is 2. The molecule has 1 saturated heterocycles. The molecular weight excluding hydrogens is 393 g/mol. The number of nitrogens with zero attached hydrogens (tertiary/aromatic N) is 1. The minimum atomic E-state index is -0.417. The fraction of sp³-hybridized carbons (Fsp3) is 0.333. The minimum absolute atomic E-state index is 0.108. The van der Waals surface area contributed by atoms with Crippen molar-refractivity contribution in [3.05, 3.63) is 70.5 Å². The van der Waals surface area contributed by atoms with E-state index < -0.39 is 5.91 Å². The average Bonchev–Trinajstić information content (AvgIpc) is 3.14. The molecule has 2 aromatic carbocycles. The summed E-state index contributed by atoms with van der Waals surface area (Å²) in [5, 5.41) is 7.30. The van der Waals surface area contributed by atoms with Crippen LogP contribution in [-0.2, 0) is 0 Å². The van der Waals surface area contributed by atoms with Gasteiger partial charge in [0.15, 0.2) is 0 Å². The number of rotatable bonds is 4. The van der Waals surface area contributed by atoms with Crippen molar-refractivity contribution in [2.24, 2.45) is 4.99 Å². The van der Waals surface area contributed by atoms with Gasteiger partial charge < -0.3 is 10.6 Å². The molecule has 2 unspecified atom stereocenters. The van der Waals surface area contributed by atoms with Gasteiger partial charge in [-0.05, 0) is 61.2 Å². The number of halogens is 2. The van der Waals surface area contributed by atoms with Gasteiger partial charge in [0.1, 0.15) is 5.82 Å². The number of aliphatic imine (C=N–C) groups is 1. The first-order valence-corrected chi connectivity index (χ1v) is 10.1. The van der Waals surface area contributed by atoms with Crippen molar-refractivity contribution in [2.75, 3.05) is 0 Å². The van der Waals surface area contributed by atoms with Crippen LogP contribution in [0.4, 0.5) is 4.39 Å². The molecule has 1 amide bonds. The first kappa shape index (κ1) is 19.8. The van der Waals surface area contributed by atoms with E-state index in [9.17, 15) is 9.18 Å². The molecule has 2 aromatic rings. The van der Waals surface area contributed by atoms with E-state index in [-0.39, 0.29) is 18.0 Å². The zero-order chi connectivity index (χ0) is 20.2. The Morgan fingerprint density at radius 1 is 1.03 bits per heavy atom. The number of hydrogen-bond acceptors (Lipinski definition) is 3. The van der Waals surface area contributed by atoms with Crippen LogP contribution >= 0.6 is 11.6 Å². The molecule has 0 radical (unpaired) electrons. The molecule has 2 fully saturated rings. The number of nitrogens with one attached hydrogen (secondary N) is 4. The van der Waals surface area contributed by atoms with E-state index in [1.54, 1.807) is 0 Å². The summed E-state index contributed by atoms with van der Waals surface area (Å²) in [7, 11) is 0. The molecule has 6 nitrogen and oxygen atoms in total. The molecule has 1 aliphatic carbocycles. The van der Waals surface area contributed by atoms with Gasteiger partial charge in [0.05, 0.1) is 6.17 Å². The maximum absolute atomic E-state index is 13.1. The number of hydrazine groups is 1. The third-order valence-electron chi connectivity index (χ3n) is 5.24. The minimum Gasteiger partial charge on any atom is -0.353 e. The van der Waals surface area contributed by atoms with E-state index in [0.29, 0.717) is 22.6 Å². The highest BCUT2D eigenvalue weighted by Gasteiger charge is 2.27. The van der Waals surface area contributed by atoms with Crippen molar-refractivity contribution < 1.29 is 9.18 Å². The topological polar surface area (TPSA) is 77.5 Å². The normalized spacial score (nSPS) is 22.2. The molecule has 0 bridgehead atoms. The molecule has 8 heteroatoms. The third kappa shape index (κ3) is 5.12. The summed E-state index contributed by atoms with van der Waals surface area (Å²) >= 11 is 5.97. The van der Waals surface area contributed by atoms with E-state index in [4.69, 9.17) is 11.6 Å². The standard InChI is InChI=1S/C21H23ClFN5O/c22-15-8-4-13(5-9-15)18-12-19(28-27-18)25-21(24-17-2-1-3-17)26-20(29)14-6-10-16(23)11-7-14/h4-11,17-19,27-28H,1-3,12H2,(H2,24,25,26,29). The molecule has 2 atom stereocenters. The second-order valence-corrected chi connectivity index (χ2v) is 7.81. The lowest BCUT2D eigenvalue weighted by molar-refractivity contribution is 0.100. The SMILES string of the molecule is O=C(/N=C(/NC1CCC1)NC1CC(c2ccc(Cl)cc2)NN1)c1ccc(F)cc1. The molecule has 0 aromatic heterocycles. The Balaban J connectivity index is 1.43. The zero-order valence-electron chi connectivity index (χ0n) is 15.8. The van der Waals surface area contributed by atoms with Gasteiger partial charge in [0, 0.05) is 29.1 Å². The highest BCUT2D eigenvalue weighted by atomic mass is 35.5. The van der Waals surface area contributed by atoms with Crippen LogP contribution in [0.5, 0.6) is 0 Å². The van der Waals surface area contributed by atoms with E-state index in [2.05, 4.69) is 26.5 Å². The van der Waals surface area contributed by atoms with Crippen molar-refractivity contribution in [3.63, 3.8) is 0 Å². The summed E-state index contributed by atoms with van der Waals surface area (Å²) in [5.41, 5.74) is 7.93. The van der Waals surface area contributed by atoms with Gasteiger partial charge in [-0.15, -0.1) is 0 Å². The molecule has 1 heterocycles. The molecule has 1 aliphatic heterocycles. The quantitative estimate of drug-likeness (QED) is 0.455. The summed E-state index contributed by atoms with van der Waals surface area (Å²) in [5.74, 6) is -0.370. The molecule has 4 N–H and O–H groups in total. The molecule has 152 valence electrons. The zero-order valence-corrected chi connectivity index (χ0v) is 16.5. The maximum atomic E-state index is 13.1. The van der Waals surface area contributed by atoms with Crippen LogP contribution in [-0.4, -0.2) is 24.1 Å². The lowest BCUT2D eigenvalue weighted by atomic mass is 9.93. The first-order valence-electron chi connectivity index (χ1n) is 9.75. The van der Waals surface area contributed by atoms with Crippen LogP contribution in [0.3, 0.4) is 0 Å². The Labute approximate surface area is 173 Å². The number of carbonyl (C=O) groups is 1. The Morgan fingerprint density at radius 3 is 2.41 bits per heavy atom. The largest absolute Gasteiger partial charge is 0.353 e. The van der Waals surface area contributed by atoms with Gasteiger partial charge in [-0.2, -0.15) is 4.99 Å². The van der Waals surface area contributed by atoms with Crippen LogP contribution in [0, 0.1) is 5.82 Å². The highest BCUT2D eigenvalue weighted by molar-refractivity contribution is 6.30. The fourth-order valence-electron chi connectivity index (χ4n) is 3.34. The molecule has 0 spiro atoms. The second kappa shape index (κ2) is 8.90. The lowest BCUT2D eigenvalue weighted by Crippen LogP contribution is -2.53. The Morgan fingerprint density at radius 2 is 1.76 bits per heavy atom. The summed E-state index contributed by atoms with van der Waals surface area (Å²) in [4.78, 5) is 16.7. The van der Waals surface area contributed by atoms with Gasteiger partial charge in [-0.1, -0.05) is 23.7 Å². The van der Waals surface area contributed by atoms with Gasteiger partial charge in [-0.25, -0.2) is 15.2 Å². The Hall–Kier alpha value is -2.48. The highest BCUT2D eigenvalue weighted by Crippen LogP contribution is 2.23. The molecule has 4 rings (SSSR count). The van der Waals surface area contributed by atoms with E-state index >= 15 is 0 Å². The number of hydrogen-bond donors (Lipinski definition) is 4. The molecule has 29 heavy (non-hydrogen) atoms. The summed E-state index contributed by atoms with van der Waals surface area (Å²) in [6, 6.07) is 13.5. The van der Waals surface area contributed by atoms with Gasteiger partial charge in [0.2, 0.25) is 5.96 Å². The smallest absolute Gasteiger partial charge is 0.280 e. The molecule has 1 saturated carbocycles. The van der Waals surface area contributed by atoms with Crippen molar-refractivity contribution >= 4 is 23.5 Å². The predicted molar refractivity (Wildman–Crippen MR) is 111 cm³/mol. The third-order valence-corrected chi connectivity index (χ3v) is 5.49. The van der Waals surface area contributed by atoms with E-state index in [0.717, 1.165) is 24.8 Å². The average molecular weight is 416 g/mol. The first-order chi connectivity index (χ1) is 14.1. The summed E-state index contributed by atoms with van der Waals surface area (Å²) in [6.45, 7) is 0. The molecular formula is C21H23ClFN5O. The van der Waals surface area contributed by atoms with Crippen LogP contribution < -0.4 is 21.5 Å². The number of amides is 1. The number of guanidine groups is 1. The van der Waals surface area contributed by atoms with Crippen molar-refractivity contribution in [1.82, 2.24) is 21.5 Å². The van der Waals surface area contributed by atoms with Crippen molar-refractivity contribution in [1.29, 1.82) is 0 Å². The van der Waals surface area contributed by atoms with Crippen LogP contribution in [0.25, 0.3) is 0 Å².